The Balaban J connectivity index is 1.55. The van der Waals surface area contributed by atoms with Crippen LogP contribution in [0.2, 0.25) is 0 Å². The summed E-state index contributed by atoms with van der Waals surface area (Å²) in [5.41, 5.74) is 2.50. The summed E-state index contributed by atoms with van der Waals surface area (Å²) in [5, 5.41) is 0.974. The third kappa shape index (κ3) is 5.28. The van der Waals surface area contributed by atoms with E-state index < -0.39 is 0 Å². The molecule has 3 rings (SSSR count). The van der Waals surface area contributed by atoms with Crippen molar-refractivity contribution in [3.05, 3.63) is 41.2 Å². The Labute approximate surface area is 166 Å². The highest BCUT2D eigenvalue weighted by Crippen LogP contribution is 2.23. The van der Waals surface area contributed by atoms with E-state index in [4.69, 9.17) is 4.98 Å². The molecule has 1 aromatic carbocycles. The molecule has 1 aliphatic rings. The molecule has 2 heterocycles. The number of unbranched alkanes of at least 4 members (excludes halogenated alkanes) is 2. The van der Waals surface area contributed by atoms with Gasteiger partial charge in [0.2, 0.25) is 11.0 Å². The van der Waals surface area contributed by atoms with Crippen molar-refractivity contribution in [3.8, 4) is 0 Å². The molecule has 1 aromatic heterocycles. The molecule has 1 aliphatic heterocycles. The Morgan fingerprint density at radius 3 is 2.70 bits per heavy atom. The number of amides is 1. The van der Waals surface area contributed by atoms with Gasteiger partial charge in [0, 0.05) is 50.1 Å². The molecule has 1 unspecified atom stereocenters. The number of aromatic nitrogens is 2. The van der Waals surface area contributed by atoms with Gasteiger partial charge in [0.1, 0.15) is 5.82 Å². The molecular weight excluding hydrogens is 356 g/mol. The van der Waals surface area contributed by atoms with Crippen LogP contribution in [0.5, 0.6) is 0 Å². The number of nitrogens with zero attached hydrogens (tertiary/aromatic N) is 4. The lowest BCUT2D eigenvalue weighted by Gasteiger charge is -2.39. The van der Waals surface area contributed by atoms with Crippen LogP contribution in [0.4, 0.5) is 5.13 Å². The first kappa shape index (κ1) is 19.8. The summed E-state index contributed by atoms with van der Waals surface area (Å²) in [6.45, 7) is 8.85. The molecule has 27 heavy (non-hydrogen) atoms. The minimum atomic E-state index is 0.220. The van der Waals surface area contributed by atoms with E-state index >= 15 is 0 Å². The SMILES string of the molecule is CCCCCC(=O)N1CCN(c2nc(Cc3ccc(C)cc3)ns2)CC1C. The maximum atomic E-state index is 12.4. The highest BCUT2D eigenvalue weighted by Gasteiger charge is 2.28. The lowest BCUT2D eigenvalue weighted by atomic mass is 10.1. The van der Waals surface area contributed by atoms with E-state index in [2.05, 4.69) is 54.3 Å². The minimum absolute atomic E-state index is 0.220. The monoisotopic (exact) mass is 386 g/mol. The van der Waals surface area contributed by atoms with E-state index in [0.717, 1.165) is 56.3 Å². The maximum Gasteiger partial charge on any atom is 0.222 e. The second-order valence-electron chi connectivity index (χ2n) is 7.49. The number of aryl methyl sites for hydroxylation is 1. The molecule has 0 bridgehead atoms. The topological polar surface area (TPSA) is 49.3 Å². The number of hydrogen-bond donors (Lipinski definition) is 0. The first-order chi connectivity index (χ1) is 13.1. The van der Waals surface area contributed by atoms with Crippen LogP contribution in [-0.4, -0.2) is 45.8 Å². The minimum Gasteiger partial charge on any atom is -0.343 e. The van der Waals surface area contributed by atoms with Gasteiger partial charge in [-0.25, -0.2) is 4.98 Å². The van der Waals surface area contributed by atoms with Gasteiger partial charge in [0.15, 0.2) is 0 Å². The Morgan fingerprint density at radius 1 is 1.22 bits per heavy atom. The van der Waals surface area contributed by atoms with Gasteiger partial charge >= 0.3 is 0 Å². The largest absolute Gasteiger partial charge is 0.343 e. The summed E-state index contributed by atoms with van der Waals surface area (Å²) in [6, 6.07) is 8.75. The van der Waals surface area contributed by atoms with Crippen LogP contribution in [0.25, 0.3) is 0 Å². The highest BCUT2D eigenvalue weighted by molar-refractivity contribution is 7.09. The number of hydrogen-bond acceptors (Lipinski definition) is 5. The quantitative estimate of drug-likeness (QED) is 0.674. The van der Waals surface area contributed by atoms with Gasteiger partial charge in [-0.3, -0.25) is 4.79 Å². The van der Waals surface area contributed by atoms with Crippen LogP contribution >= 0.6 is 11.5 Å². The smallest absolute Gasteiger partial charge is 0.222 e. The van der Waals surface area contributed by atoms with Gasteiger partial charge in [0.05, 0.1) is 0 Å². The Hall–Kier alpha value is -1.95. The molecule has 1 atom stereocenters. The van der Waals surface area contributed by atoms with Gasteiger partial charge in [0.25, 0.3) is 0 Å². The first-order valence-electron chi connectivity index (χ1n) is 9.99. The molecule has 1 saturated heterocycles. The molecular formula is C21H30N4OS. The molecule has 0 N–H and O–H groups in total. The number of benzene rings is 1. The summed E-state index contributed by atoms with van der Waals surface area (Å²) >= 11 is 1.47. The fourth-order valence-corrected chi connectivity index (χ4v) is 4.23. The van der Waals surface area contributed by atoms with Crippen molar-refractivity contribution in [2.45, 2.75) is 58.9 Å². The zero-order valence-corrected chi connectivity index (χ0v) is 17.5. The maximum absolute atomic E-state index is 12.4. The van der Waals surface area contributed by atoms with Crippen molar-refractivity contribution in [1.29, 1.82) is 0 Å². The van der Waals surface area contributed by atoms with Crippen LogP contribution in [-0.2, 0) is 11.2 Å². The molecule has 1 amide bonds. The van der Waals surface area contributed by atoms with E-state index in [9.17, 15) is 4.79 Å². The summed E-state index contributed by atoms with van der Waals surface area (Å²) in [5.74, 6) is 1.18. The Bertz CT molecular complexity index is 743. The molecule has 0 spiro atoms. The molecule has 0 radical (unpaired) electrons. The van der Waals surface area contributed by atoms with Crippen molar-refractivity contribution in [3.63, 3.8) is 0 Å². The van der Waals surface area contributed by atoms with Gasteiger partial charge < -0.3 is 9.80 Å². The standard InChI is InChI=1S/C21H30N4OS/c1-4-5-6-7-20(26)25-13-12-24(15-17(25)3)21-22-19(23-27-21)14-18-10-8-16(2)9-11-18/h8-11,17H,4-7,12-15H2,1-3H3. The lowest BCUT2D eigenvalue weighted by molar-refractivity contribution is -0.133. The predicted molar refractivity (Wildman–Crippen MR) is 111 cm³/mol. The van der Waals surface area contributed by atoms with Gasteiger partial charge in [-0.2, -0.15) is 4.37 Å². The number of piperazine rings is 1. The summed E-state index contributed by atoms with van der Waals surface area (Å²) in [6.07, 6.45) is 4.73. The molecule has 2 aromatic rings. The Kier molecular flexibility index (Phi) is 6.83. The van der Waals surface area contributed by atoms with Crippen molar-refractivity contribution >= 4 is 22.6 Å². The molecule has 1 fully saturated rings. The van der Waals surface area contributed by atoms with Gasteiger partial charge in [-0.05, 0) is 25.8 Å². The van der Waals surface area contributed by atoms with Crippen molar-refractivity contribution < 1.29 is 4.79 Å². The van der Waals surface area contributed by atoms with Crippen molar-refractivity contribution in [2.75, 3.05) is 24.5 Å². The fraction of sp³-hybridized carbons (Fsp3) is 0.571. The second kappa shape index (κ2) is 9.31. The normalized spacial score (nSPS) is 17.4. The van der Waals surface area contributed by atoms with Crippen LogP contribution in [0, 0.1) is 6.92 Å². The summed E-state index contributed by atoms with van der Waals surface area (Å²) < 4.78 is 4.55. The molecule has 6 heteroatoms. The van der Waals surface area contributed by atoms with Gasteiger partial charge in [-0.15, -0.1) is 0 Å². The van der Waals surface area contributed by atoms with E-state index in [1.54, 1.807) is 0 Å². The van der Waals surface area contributed by atoms with Gasteiger partial charge in [-0.1, -0.05) is 49.6 Å². The van der Waals surface area contributed by atoms with Crippen LogP contribution in [0.15, 0.2) is 24.3 Å². The van der Waals surface area contributed by atoms with Crippen molar-refractivity contribution in [2.24, 2.45) is 0 Å². The predicted octanol–water partition coefficient (Wildman–Crippen LogP) is 4.05. The van der Waals surface area contributed by atoms with E-state index in [1.165, 1.54) is 22.7 Å². The Morgan fingerprint density at radius 2 is 2.00 bits per heavy atom. The number of rotatable bonds is 7. The molecule has 146 valence electrons. The average molecular weight is 387 g/mol. The first-order valence-corrected chi connectivity index (χ1v) is 10.8. The van der Waals surface area contributed by atoms with E-state index in [-0.39, 0.29) is 6.04 Å². The number of carbonyl (C=O) groups is 1. The van der Waals surface area contributed by atoms with Crippen LogP contribution in [0.1, 0.15) is 56.5 Å². The number of anilines is 1. The molecule has 5 nitrogen and oxygen atoms in total. The zero-order valence-electron chi connectivity index (χ0n) is 16.6. The third-order valence-corrected chi connectivity index (χ3v) is 5.97. The van der Waals surface area contributed by atoms with Crippen LogP contribution < -0.4 is 4.90 Å². The molecule has 0 saturated carbocycles. The second-order valence-corrected chi connectivity index (χ2v) is 8.23. The van der Waals surface area contributed by atoms with E-state index in [0.29, 0.717) is 12.3 Å². The lowest BCUT2D eigenvalue weighted by Crippen LogP contribution is -2.54. The number of carbonyl (C=O) groups excluding carboxylic acids is 1. The van der Waals surface area contributed by atoms with Crippen LogP contribution in [0.3, 0.4) is 0 Å². The highest BCUT2D eigenvalue weighted by atomic mass is 32.1. The average Bonchev–Trinajstić information content (AvgIpc) is 3.12. The van der Waals surface area contributed by atoms with Crippen molar-refractivity contribution in [1.82, 2.24) is 14.3 Å². The summed E-state index contributed by atoms with van der Waals surface area (Å²) in [4.78, 5) is 21.5. The fourth-order valence-electron chi connectivity index (χ4n) is 3.51. The van der Waals surface area contributed by atoms with E-state index in [1.807, 2.05) is 4.90 Å². The summed E-state index contributed by atoms with van der Waals surface area (Å²) in [7, 11) is 0. The zero-order chi connectivity index (χ0) is 19.2. The molecule has 0 aliphatic carbocycles. The third-order valence-electron chi connectivity index (χ3n) is 5.15.